The maximum atomic E-state index is 11.6. The van der Waals surface area contributed by atoms with E-state index in [1.165, 1.54) is 4.90 Å². The molecule has 4 nitrogen and oxygen atoms in total. The molecule has 0 atom stereocenters. The standard InChI is InChI=1S/C14H17N3OS/c18-14(17-11-13-15-8-9-16-13)7-4-10-19-12-5-2-1-3-6-12/h1-3,5-6,8-9H,4,7,10-11H2,(H,15,16)(H,17,18). The molecule has 0 aliphatic rings. The van der Waals surface area contributed by atoms with E-state index in [1.807, 2.05) is 18.2 Å². The molecule has 2 N–H and O–H groups in total. The van der Waals surface area contributed by atoms with Gasteiger partial charge in [-0.15, -0.1) is 11.8 Å². The van der Waals surface area contributed by atoms with Crippen LogP contribution in [-0.2, 0) is 11.3 Å². The van der Waals surface area contributed by atoms with Gasteiger partial charge in [0.1, 0.15) is 5.82 Å². The fourth-order valence-corrected chi connectivity index (χ4v) is 2.48. The highest BCUT2D eigenvalue weighted by molar-refractivity contribution is 7.99. The van der Waals surface area contributed by atoms with Crippen LogP contribution in [0.5, 0.6) is 0 Å². The monoisotopic (exact) mass is 275 g/mol. The summed E-state index contributed by atoms with van der Waals surface area (Å²) in [5.74, 6) is 1.81. The van der Waals surface area contributed by atoms with E-state index in [0.717, 1.165) is 18.0 Å². The summed E-state index contributed by atoms with van der Waals surface area (Å²) in [5.41, 5.74) is 0. The molecule has 0 spiro atoms. The second kappa shape index (κ2) is 7.63. The van der Waals surface area contributed by atoms with Crippen LogP contribution in [0.25, 0.3) is 0 Å². The van der Waals surface area contributed by atoms with Gasteiger partial charge in [0.05, 0.1) is 6.54 Å². The Bertz CT molecular complexity index is 485. The summed E-state index contributed by atoms with van der Waals surface area (Å²) in [4.78, 5) is 19.8. The Morgan fingerprint density at radius 1 is 1.32 bits per heavy atom. The lowest BCUT2D eigenvalue weighted by atomic mass is 10.3. The average Bonchev–Trinajstić information content (AvgIpc) is 2.96. The Morgan fingerprint density at radius 3 is 2.89 bits per heavy atom. The van der Waals surface area contributed by atoms with Crippen LogP contribution in [0.2, 0.25) is 0 Å². The highest BCUT2D eigenvalue weighted by atomic mass is 32.2. The molecule has 2 rings (SSSR count). The van der Waals surface area contributed by atoms with Gasteiger partial charge in [-0.1, -0.05) is 18.2 Å². The Balaban J connectivity index is 1.57. The Hall–Kier alpha value is -1.75. The molecule has 2 aromatic rings. The van der Waals surface area contributed by atoms with E-state index in [4.69, 9.17) is 0 Å². The van der Waals surface area contributed by atoms with Crippen LogP contribution >= 0.6 is 11.8 Å². The fraction of sp³-hybridized carbons (Fsp3) is 0.286. The lowest BCUT2D eigenvalue weighted by Crippen LogP contribution is -2.23. The fourth-order valence-electron chi connectivity index (χ4n) is 1.60. The van der Waals surface area contributed by atoms with Crippen LogP contribution in [0, 0.1) is 0 Å². The number of benzene rings is 1. The average molecular weight is 275 g/mol. The van der Waals surface area contributed by atoms with Crippen molar-refractivity contribution in [2.45, 2.75) is 24.3 Å². The van der Waals surface area contributed by atoms with Crippen molar-refractivity contribution in [3.8, 4) is 0 Å². The van der Waals surface area contributed by atoms with Gasteiger partial charge in [0.25, 0.3) is 0 Å². The van der Waals surface area contributed by atoms with Gasteiger partial charge < -0.3 is 10.3 Å². The minimum Gasteiger partial charge on any atom is -0.349 e. The summed E-state index contributed by atoms with van der Waals surface area (Å²) in [6.07, 6.45) is 4.86. The van der Waals surface area contributed by atoms with E-state index in [9.17, 15) is 4.79 Å². The van der Waals surface area contributed by atoms with E-state index < -0.39 is 0 Å². The first-order chi connectivity index (χ1) is 9.34. The third-order valence-electron chi connectivity index (χ3n) is 2.57. The molecule has 0 radical (unpaired) electrons. The van der Waals surface area contributed by atoms with Crippen LogP contribution in [0.4, 0.5) is 0 Å². The Morgan fingerprint density at radius 2 is 2.16 bits per heavy atom. The highest BCUT2D eigenvalue weighted by Crippen LogP contribution is 2.18. The molecule has 5 heteroatoms. The maximum Gasteiger partial charge on any atom is 0.220 e. The first-order valence-corrected chi connectivity index (χ1v) is 7.26. The molecule has 0 unspecified atom stereocenters. The molecule has 0 saturated heterocycles. The van der Waals surface area contributed by atoms with Crippen molar-refractivity contribution in [1.82, 2.24) is 15.3 Å². The molecular weight excluding hydrogens is 258 g/mol. The number of aromatic nitrogens is 2. The summed E-state index contributed by atoms with van der Waals surface area (Å²) in [6, 6.07) is 10.2. The van der Waals surface area contributed by atoms with Crippen molar-refractivity contribution in [2.24, 2.45) is 0 Å². The van der Waals surface area contributed by atoms with Crippen molar-refractivity contribution in [3.63, 3.8) is 0 Å². The second-order valence-electron chi connectivity index (χ2n) is 4.08. The molecule has 0 saturated carbocycles. The number of carbonyl (C=O) groups excluding carboxylic acids is 1. The van der Waals surface area contributed by atoms with Gasteiger partial charge >= 0.3 is 0 Å². The zero-order valence-corrected chi connectivity index (χ0v) is 11.5. The summed E-state index contributed by atoms with van der Waals surface area (Å²) in [5, 5.41) is 2.84. The van der Waals surface area contributed by atoms with Crippen molar-refractivity contribution < 1.29 is 4.79 Å². The maximum absolute atomic E-state index is 11.6. The van der Waals surface area contributed by atoms with E-state index >= 15 is 0 Å². The van der Waals surface area contributed by atoms with Gasteiger partial charge in [-0.05, 0) is 24.3 Å². The first kappa shape index (κ1) is 13.7. The molecule has 0 aliphatic heterocycles. The normalized spacial score (nSPS) is 10.3. The number of hydrogen-bond donors (Lipinski definition) is 2. The first-order valence-electron chi connectivity index (χ1n) is 6.27. The number of amides is 1. The smallest absolute Gasteiger partial charge is 0.220 e. The van der Waals surface area contributed by atoms with Crippen LogP contribution in [-0.4, -0.2) is 21.6 Å². The number of hydrogen-bond acceptors (Lipinski definition) is 3. The predicted octanol–water partition coefficient (Wildman–Crippen LogP) is 2.60. The summed E-state index contributed by atoms with van der Waals surface area (Å²) < 4.78 is 0. The lowest BCUT2D eigenvalue weighted by Gasteiger charge is -2.03. The van der Waals surface area contributed by atoms with Crippen molar-refractivity contribution in [2.75, 3.05) is 5.75 Å². The van der Waals surface area contributed by atoms with Crippen molar-refractivity contribution in [1.29, 1.82) is 0 Å². The predicted molar refractivity (Wildman–Crippen MR) is 76.8 cm³/mol. The minimum atomic E-state index is 0.0741. The topological polar surface area (TPSA) is 57.8 Å². The Labute approximate surface area is 117 Å². The van der Waals surface area contributed by atoms with E-state index in [0.29, 0.717) is 13.0 Å². The third kappa shape index (κ3) is 5.18. The lowest BCUT2D eigenvalue weighted by molar-refractivity contribution is -0.121. The molecule has 1 heterocycles. The molecule has 1 aromatic carbocycles. The Kier molecular flexibility index (Phi) is 5.49. The minimum absolute atomic E-state index is 0.0741. The molecule has 0 fully saturated rings. The number of carbonyl (C=O) groups is 1. The number of imidazole rings is 1. The summed E-state index contributed by atoms with van der Waals surface area (Å²) in [7, 11) is 0. The van der Waals surface area contributed by atoms with Crippen LogP contribution < -0.4 is 5.32 Å². The largest absolute Gasteiger partial charge is 0.349 e. The van der Waals surface area contributed by atoms with Gasteiger partial charge in [0.2, 0.25) is 5.91 Å². The zero-order chi connectivity index (χ0) is 13.3. The molecule has 100 valence electrons. The van der Waals surface area contributed by atoms with Crippen LogP contribution in [0.1, 0.15) is 18.7 Å². The van der Waals surface area contributed by atoms with Crippen molar-refractivity contribution in [3.05, 3.63) is 48.5 Å². The quantitative estimate of drug-likeness (QED) is 0.603. The number of H-pyrrole nitrogens is 1. The highest BCUT2D eigenvalue weighted by Gasteiger charge is 2.02. The SMILES string of the molecule is O=C(CCCSc1ccccc1)NCc1ncc[nH]1. The van der Waals surface area contributed by atoms with E-state index in [2.05, 4.69) is 27.4 Å². The number of nitrogens with zero attached hydrogens (tertiary/aromatic N) is 1. The van der Waals surface area contributed by atoms with Gasteiger partial charge in [0.15, 0.2) is 0 Å². The summed E-state index contributed by atoms with van der Waals surface area (Å²) >= 11 is 1.78. The molecule has 0 aliphatic carbocycles. The van der Waals surface area contributed by atoms with Gasteiger partial charge in [-0.3, -0.25) is 4.79 Å². The number of nitrogens with one attached hydrogen (secondary N) is 2. The number of rotatable bonds is 7. The molecule has 1 amide bonds. The van der Waals surface area contributed by atoms with Crippen molar-refractivity contribution >= 4 is 17.7 Å². The number of thioether (sulfide) groups is 1. The van der Waals surface area contributed by atoms with Gasteiger partial charge in [-0.25, -0.2) is 4.98 Å². The third-order valence-corrected chi connectivity index (χ3v) is 3.67. The number of aromatic amines is 1. The van der Waals surface area contributed by atoms with Gasteiger partial charge in [-0.2, -0.15) is 0 Å². The molecule has 19 heavy (non-hydrogen) atoms. The zero-order valence-electron chi connectivity index (χ0n) is 10.6. The molecular formula is C14H17N3OS. The van der Waals surface area contributed by atoms with E-state index in [-0.39, 0.29) is 5.91 Å². The molecule has 1 aromatic heterocycles. The van der Waals surface area contributed by atoms with Gasteiger partial charge in [0, 0.05) is 23.7 Å². The summed E-state index contributed by atoms with van der Waals surface area (Å²) in [6.45, 7) is 0.470. The van der Waals surface area contributed by atoms with Crippen LogP contribution in [0.15, 0.2) is 47.6 Å². The van der Waals surface area contributed by atoms with E-state index in [1.54, 1.807) is 24.2 Å². The van der Waals surface area contributed by atoms with Crippen LogP contribution in [0.3, 0.4) is 0 Å². The second-order valence-corrected chi connectivity index (χ2v) is 5.25. The molecule has 0 bridgehead atoms.